The third kappa shape index (κ3) is 2.98. The van der Waals surface area contributed by atoms with Crippen LogP contribution >= 0.6 is 0 Å². The highest BCUT2D eigenvalue weighted by atomic mass is 16.5. The van der Waals surface area contributed by atoms with E-state index in [0.29, 0.717) is 23.9 Å². The molecular formula is C22H28N2O2. The molecule has 2 fully saturated rings. The van der Waals surface area contributed by atoms with Crippen LogP contribution in [0.2, 0.25) is 0 Å². The van der Waals surface area contributed by atoms with Crippen molar-refractivity contribution in [3.8, 4) is 0 Å². The summed E-state index contributed by atoms with van der Waals surface area (Å²) in [5.74, 6) is 2.86. The third-order valence-electron chi connectivity index (χ3n) is 5.47. The lowest BCUT2D eigenvalue weighted by Crippen LogP contribution is -2.29. The molecule has 26 heavy (non-hydrogen) atoms. The minimum absolute atomic E-state index is 0.368. The number of hydrogen-bond acceptors (Lipinski definition) is 4. The Morgan fingerprint density at radius 3 is 1.54 bits per heavy atom. The third-order valence-corrected chi connectivity index (χ3v) is 5.47. The topological polar surface area (TPSA) is 42.5 Å². The van der Waals surface area contributed by atoms with E-state index in [9.17, 15) is 0 Å². The Balaban J connectivity index is 1.60. The van der Waals surface area contributed by atoms with Crippen LogP contribution in [0, 0.1) is 11.8 Å². The summed E-state index contributed by atoms with van der Waals surface area (Å²) in [5.41, 5.74) is 4.62. The molecule has 4 heteroatoms. The van der Waals surface area contributed by atoms with Crippen LogP contribution in [-0.2, 0) is 9.47 Å². The number of allylic oxidation sites excluding steroid dienone is 10. The van der Waals surface area contributed by atoms with Crippen molar-refractivity contribution in [1.82, 2.24) is 10.6 Å². The van der Waals surface area contributed by atoms with Gasteiger partial charge in [0.05, 0.1) is 12.1 Å². The maximum Gasteiger partial charge on any atom is 0.195 e. The van der Waals surface area contributed by atoms with Crippen molar-refractivity contribution in [2.75, 3.05) is 13.2 Å². The van der Waals surface area contributed by atoms with E-state index in [4.69, 9.17) is 9.47 Å². The number of ether oxygens (including phenoxy) is 2. The first-order chi connectivity index (χ1) is 12.5. The molecule has 4 nitrogen and oxygen atoms in total. The predicted molar refractivity (Wildman–Crippen MR) is 104 cm³/mol. The first-order valence-corrected chi connectivity index (χ1v) is 9.59. The van der Waals surface area contributed by atoms with Gasteiger partial charge in [0.25, 0.3) is 0 Å². The molecule has 0 saturated carbocycles. The van der Waals surface area contributed by atoms with Gasteiger partial charge in [-0.1, -0.05) is 52.0 Å². The quantitative estimate of drug-likeness (QED) is 0.813. The molecule has 0 aromatic carbocycles. The molecule has 0 radical (unpaired) electrons. The molecular weight excluding hydrogens is 324 g/mol. The van der Waals surface area contributed by atoms with Crippen LogP contribution in [0.15, 0.2) is 70.5 Å². The fourth-order valence-electron chi connectivity index (χ4n) is 3.58. The van der Waals surface area contributed by atoms with Crippen molar-refractivity contribution >= 4 is 0 Å². The van der Waals surface area contributed by atoms with E-state index in [0.717, 1.165) is 36.1 Å². The van der Waals surface area contributed by atoms with Crippen LogP contribution in [0.25, 0.3) is 0 Å². The highest BCUT2D eigenvalue weighted by Gasteiger charge is 2.31. The predicted octanol–water partition coefficient (Wildman–Crippen LogP) is 3.69. The smallest absolute Gasteiger partial charge is 0.195 e. The molecule has 2 heterocycles. The normalized spacial score (nSPS) is 32.7. The summed E-state index contributed by atoms with van der Waals surface area (Å²) >= 11 is 0. The molecule has 0 bridgehead atoms. The van der Waals surface area contributed by atoms with E-state index in [1.165, 1.54) is 11.1 Å². The maximum absolute atomic E-state index is 5.98. The van der Waals surface area contributed by atoms with Gasteiger partial charge in [-0.25, -0.2) is 0 Å². The van der Waals surface area contributed by atoms with Crippen LogP contribution in [0.4, 0.5) is 0 Å². The maximum atomic E-state index is 5.98. The van der Waals surface area contributed by atoms with Crippen molar-refractivity contribution in [1.29, 1.82) is 0 Å². The molecule has 2 unspecified atom stereocenters. The van der Waals surface area contributed by atoms with Crippen LogP contribution in [-0.4, -0.2) is 25.3 Å². The van der Waals surface area contributed by atoms with Gasteiger partial charge in [0.15, 0.2) is 11.8 Å². The van der Waals surface area contributed by atoms with Gasteiger partial charge in [-0.05, 0) is 35.1 Å². The minimum Gasteiger partial charge on any atom is -0.477 e. The number of nitrogens with one attached hydrogen (secondary N) is 2. The zero-order valence-electron chi connectivity index (χ0n) is 16.0. The van der Waals surface area contributed by atoms with E-state index in [1.54, 1.807) is 0 Å². The Morgan fingerprint density at radius 1 is 0.769 bits per heavy atom. The van der Waals surface area contributed by atoms with Crippen LogP contribution in [0.3, 0.4) is 0 Å². The SMILES string of the molecule is CC(C)C1COC(=C2C=CC=C2C2=CC=CC2=C2NC(C(C)C)CO2)N1. The Labute approximate surface area is 156 Å². The van der Waals surface area contributed by atoms with Crippen molar-refractivity contribution in [3.63, 3.8) is 0 Å². The van der Waals surface area contributed by atoms with Gasteiger partial charge in [0.1, 0.15) is 13.2 Å². The van der Waals surface area contributed by atoms with Crippen molar-refractivity contribution in [2.24, 2.45) is 11.8 Å². The van der Waals surface area contributed by atoms with Gasteiger partial charge in [-0.15, -0.1) is 0 Å². The molecule has 2 atom stereocenters. The fraction of sp³-hybridized carbons (Fsp3) is 0.455. The zero-order chi connectivity index (χ0) is 18.3. The Hall–Kier alpha value is -2.36. The van der Waals surface area contributed by atoms with Gasteiger partial charge < -0.3 is 20.1 Å². The second-order valence-electron chi connectivity index (χ2n) is 7.98. The molecule has 138 valence electrons. The minimum atomic E-state index is 0.368. The molecule has 4 aliphatic rings. The van der Waals surface area contributed by atoms with Gasteiger partial charge >= 0.3 is 0 Å². The lowest BCUT2D eigenvalue weighted by atomic mass is 9.96. The van der Waals surface area contributed by atoms with Gasteiger partial charge in [-0.2, -0.15) is 0 Å². The molecule has 4 rings (SSSR count). The van der Waals surface area contributed by atoms with Gasteiger partial charge in [0.2, 0.25) is 0 Å². The summed E-state index contributed by atoms with van der Waals surface area (Å²) < 4.78 is 12.0. The lowest BCUT2D eigenvalue weighted by molar-refractivity contribution is 0.242. The van der Waals surface area contributed by atoms with Crippen LogP contribution < -0.4 is 10.6 Å². The van der Waals surface area contributed by atoms with Crippen molar-refractivity contribution < 1.29 is 9.47 Å². The second-order valence-corrected chi connectivity index (χ2v) is 7.98. The molecule has 0 aromatic heterocycles. The van der Waals surface area contributed by atoms with E-state index >= 15 is 0 Å². The van der Waals surface area contributed by atoms with Crippen LogP contribution in [0.5, 0.6) is 0 Å². The number of rotatable bonds is 3. The molecule has 0 aromatic rings. The lowest BCUT2D eigenvalue weighted by Gasteiger charge is -2.15. The zero-order valence-corrected chi connectivity index (χ0v) is 16.0. The van der Waals surface area contributed by atoms with E-state index in [2.05, 4.69) is 74.8 Å². The average molecular weight is 352 g/mol. The molecule has 2 N–H and O–H groups in total. The number of hydrogen-bond donors (Lipinski definition) is 2. The van der Waals surface area contributed by atoms with E-state index < -0.39 is 0 Å². The molecule has 0 amide bonds. The van der Waals surface area contributed by atoms with Gasteiger partial charge in [-0.3, -0.25) is 0 Å². The first kappa shape index (κ1) is 17.1. The molecule has 2 aliphatic heterocycles. The summed E-state index contributed by atoms with van der Waals surface area (Å²) in [6, 6.07) is 0.737. The second kappa shape index (κ2) is 6.75. The summed E-state index contributed by atoms with van der Waals surface area (Å²) in [5, 5.41) is 7.09. The average Bonchev–Trinajstić information content (AvgIpc) is 3.39. The summed E-state index contributed by atoms with van der Waals surface area (Å²) in [6.45, 7) is 10.3. The summed E-state index contributed by atoms with van der Waals surface area (Å²) in [4.78, 5) is 0. The van der Waals surface area contributed by atoms with Gasteiger partial charge in [0, 0.05) is 11.1 Å². The highest BCUT2D eigenvalue weighted by molar-refractivity contribution is 5.69. The Morgan fingerprint density at radius 2 is 1.19 bits per heavy atom. The fourth-order valence-corrected chi connectivity index (χ4v) is 3.58. The van der Waals surface area contributed by atoms with Crippen LogP contribution in [0.1, 0.15) is 27.7 Å². The Kier molecular flexibility index (Phi) is 4.43. The van der Waals surface area contributed by atoms with Crippen molar-refractivity contribution in [2.45, 2.75) is 39.8 Å². The first-order valence-electron chi connectivity index (χ1n) is 9.59. The molecule has 0 spiro atoms. The van der Waals surface area contributed by atoms with Crippen molar-refractivity contribution in [3.05, 3.63) is 70.5 Å². The summed E-state index contributed by atoms with van der Waals surface area (Å²) in [7, 11) is 0. The standard InChI is InChI=1S/C22H28N2O2/c1-13(2)19-11-25-21(23-19)17-9-5-7-15(17)16-8-6-10-18(16)22-24-20(12-26-22)14(3)4/h5-10,13-14,19-20,23-24H,11-12H2,1-4H3. The molecule has 2 saturated heterocycles. The monoisotopic (exact) mass is 352 g/mol. The summed E-state index contributed by atoms with van der Waals surface area (Å²) in [6.07, 6.45) is 12.7. The van der Waals surface area contributed by atoms with E-state index in [-0.39, 0.29) is 0 Å². The largest absolute Gasteiger partial charge is 0.477 e. The highest BCUT2D eigenvalue weighted by Crippen LogP contribution is 2.38. The van der Waals surface area contributed by atoms with E-state index in [1.807, 2.05) is 0 Å². The molecule has 2 aliphatic carbocycles. The Bertz CT molecular complexity index is 712.